The van der Waals surface area contributed by atoms with Crippen LogP contribution in [0.3, 0.4) is 0 Å². The lowest BCUT2D eigenvalue weighted by atomic mass is 10.1. The zero-order chi connectivity index (χ0) is 20.0. The first-order valence-electron chi connectivity index (χ1n) is 9.54. The Morgan fingerprint density at radius 2 is 1.61 bits per heavy atom. The third-order valence-electron chi connectivity index (χ3n) is 4.89. The standard InChI is InChI=1S/C21H26N2O4S/c1-2-18-8-10-19(11-9-18)21(24)23-14-12-22(13-15-23)16-17-28(25,26)27-20-6-4-3-5-7-20/h3-11H,2,12-17H2,1H3. The van der Waals surface area contributed by atoms with E-state index in [0.29, 0.717) is 44.0 Å². The van der Waals surface area contributed by atoms with Crippen LogP contribution in [-0.4, -0.2) is 62.6 Å². The maximum absolute atomic E-state index is 12.6. The van der Waals surface area contributed by atoms with Gasteiger partial charge in [0.05, 0.1) is 5.75 Å². The van der Waals surface area contributed by atoms with E-state index in [1.807, 2.05) is 29.2 Å². The normalized spacial score (nSPS) is 15.4. The van der Waals surface area contributed by atoms with Gasteiger partial charge >= 0.3 is 10.1 Å². The fraction of sp³-hybridized carbons (Fsp3) is 0.381. The Bertz CT molecular complexity index is 874. The number of para-hydroxylation sites is 1. The van der Waals surface area contributed by atoms with Gasteiger partial charge in [0.2, 0.25) is 0 Å². The average molecular weight is 403 g/mol. The van der Waals surface area contributed by atoms with E-state index in [0.717, 1.165) is 6.42 Å². The summed E-state index contributed by atoms with van der Waals surface area (Å²) in [4.78, 5) is 16.5. The molecule has 0 atom stereocenters. The molecule has 1 fully saturated rings. The van der Waals surface area contributed by atoms with E-state index in [4.69, 9.17) is 4.18 Å². The van der Waals surface area contributed by atoms with E-state index in [1.165, 1.54) is 5.56 Å². The van der Waals surface area contributed by atoms with Gasteiger partial charge in [0.15, 0.2) is 0 Å². The first kappa shape index (κ1) is 20.4. The Balaban J connectivity index is 1.46. The maximum atomic E-state index is 12.6. The highest BCUT2D eigenvalue weighted by atomic mass is 32.2. The van der Waals surface area contributed by atoms with Crippen molar-refractivity contribution in [1.29, 1.82) is 0 Å². The molecule has 1 aliphatic heterocycles. The van der Waals surface area contributed by atoms with E-state index < -0.39 is 10.1 Å². The maximum Gasteiger partial charge on any atom is 0.310 e. The number of nitrogens with zero attached hydrogens (tertiary/aromatic N) is 2. The van der Waals surface area contributed by atoms with Crippen LogP contribution in [0.25, 0.3) is 0 Å². The van der Waals surface area contributed by atoms with Crippen molar-refractivity contribution in [2.75, 3.05) is 38.5 Å². The summed E-state index contributed by atoms with van der Waals surface area (Å²) in [6.45, 7) is 4.96. The minimum absolute atomic E-state index is 0.0299. The second kappa shape index (κ2) is 9.21. The molecule has 1 saturated heterocycles. The van der Waals surface area contributed by atoms with Crippen LogP contribution in [0.4, 0.5) is 0 Å². The Hall–Kier alpha value is -2.38. The summed E-state index contributed by atoms with van der Waals surface area (Å²) in [5.41, 5.74) is 1.91. The molecule has 2 aromatic rings. The van der Waals surface area contributed by atoms with Gasteiger partial charge in [-0.25, -0.2) is 0 Å². The monoisotopic (exact) mass is 402 g/mol. The van der Waals surface area contributed by atoms with Crippen molar-refractivity contribution < 1.29 is 17.4 Å². The Kier molecular flexibility index (Phi) is 6.70. The molecule has 3 rings (SSSR count). The van der Waals surface area contributed by atoms with Gasteiger partial charge in [0.25, 0.3) is 5.91 Å². The topological polar surface area (TPSA) is 66.9 Å². The van der Waals surface area contributed by atoms with Crippen molar-refractivity contribution in [3.63, 3.8) is 0 Å². The van der Waals surface area contributed by atoms with Crippen molar-refractivity contribution in [3.8, 4) is 5.75 Å². The van der Waals surface area contributed by atoms with Crippen LogP contribution in [0.2, 0.25) is 0 Å². The fourth-order valence-electron chi connectivity index (χ4n) is 3.15. The van der Waals surface area contributed by atoms with Gasteiger partial charge in [-0.1, -0.05) is 37.3 Å². The first-order chi connectivity index (χ1) is 13.5. The van der Waals surface area contributed by atoms with E-state index in [9.17, 15) is 13.2 Å². The Morgan fingerprint density at radius 1 is 0.964 bits per heavy atom. The summed E-state index contributed by atoms with van der Waals surface area (Å²) in [6.07, 6.45) is 0.948. The predicted molar refractivity (Wildman–Crippen MR) is 109 cm³/mol. The minimum atomic E-state index is -3.64. The second-order valence-electron chi connectivity index (χ2n) is 6.84. The first-order valence-corrected chi connectivity index (χ1v) is 11.1. The van der Waals surface area contributed by atoms with Crippen LogP contribution in [0, 0.1) is 0 Å². The Morgan fingerprint density at radius 3 is 2.21 bits per heavy atom. The van der Waals surface area contributed by atoms with Gasteiger partial charge in [0.1, 0.15) is 5.75 Å². The van der Waals surface area contributed by atoms with Crippen LogP contribution in [0.5, 0.6) is 5.75 Å². The molecule has 6 nitrogen and oxygen atoms in total. The lowest BCUT2D eigenvalue weighted by molar-refractivity contribution is 0.0643. The number of carbonyl (C=O) groups excluding carboxylic acids is 1. The highest BCUT2D eigenvalue weighted by Crippen LogP contribution is 2.13. The van der Waals surface area contributed by atoms with Gasteiger partial charge in [0, 0.05) is 38.3 Å². The largest absolute Gasteiger partial charge is 0.382 e. The third kappa shape index (κ3) is 5.56. The van der Waals surface area contributed by atoms with Crippen LogP contribution in [0.1, 0.15) is 22.8 Å². The summed E-state index contributed by atoms with van der Waals surface area (Å²) in [7, 11) is -3.64. The number of hydrogen-bond acceptors (Lipinski definition) is 5. The molecular formula is C21H26N2O4S. The molecule has 1 amide bonds. The number of benzene rings is 2. The third-order valence-corrected chi connectivity index (χ3v) is 6.02. The van der Waals surface area contributed by atoms with Crippen molar-refractivity contribution in [2.24, 2.45) is 0 Å². The van der Waals surface area contributed by atoms with E-state index >= 15 is 0 Å². The summed E-state index contributed by atoms with van der Waals surface area (Å²) < 4.78 is 29.4. The van der Waals surface area contributed by atoms with Crippen LogP contribution in [-0.2, 0) is 16.5 Å². The van der Waals surface area contributed by atoms with Gasteiger partial charge in [-0.05, 0) is 36.2 Å². The molecule has 0 unspecified atom stereocenters. The van der Waals surface area contributed by atoms with Crippen LogP contribution >= 0.6 is 0 Å². The quantitative estimate of drug-likeness (QED) is 0.666. The number of aryl methyl sites for hydroxylation is 1. The minimum Gasteiger partial charge on any atom is -0.382 e. The summed E-state index contributed by atoms with van der Waals surface area (Å²) in [6, 6.07) is 16.2. The highest BCUT2D eigenvalue weighted by Gasteiger charge is 2.23. The number of amides is 1. The number of hydrogen-bond donors (Lipinski definition) is 0. The molecule has 28 heavy (non-hydrogen) atoms. The predicted octanol–water partition coefficient (Wildman–Crippen LogP) is 2.42. The van der Waals surface area contributed by atoms with E-state index in [2.05, 4.69) is 11.8 Å². The van der Waals surface area contributed by atoms with E-state index in [-0.39, 0.29) is 11.7 Å². The van der Waals surface area contributed by atoms with Crippen LogP contribution in [0.15, 0.2) is 54.6 Å². The molecule has 0 aromatic heterocycles. The van der Waals surface area contributed by atoms with Gasteiger partial charge in [-0.3, -0.25) is 9.69 Å². The van der Waals surface area contributed by atoms with Gasteiger partial charge in [-0.15, -0.1) is 0 Å². The zero-order valence-corrected chi connectivity index (χ0v) is 16.9. The molecule has 1 aliphatic rings. The molecule has 0 saturated carbocycles. The van der Waals surface area contributed by atoms with Gasteiger partial charge in [-0.2, -0.15) is 8.42 Å². The number of piperazine rings is 1. The van der Waals surface area contributed by atoms with Crippen molar-refractivity contribution in [2.45, 2.75) is 13.3 Å². The average Bonchev–Trinajstić information content (AvgIpc) is 2.73. The molecule has 0 spiro atoms. The molecule has 2 aromatic carbocycles. The molecule has 0 bridgehead atoms. The number of rotatable bonds is 7. The van der Waals surface area contributed by atoms with E-state index in [1.54, 1.807) is 30.3 Å². The molecule has 1 heterocycles. The lowest BCUT2D eigenvalue weighted by Gasteiger charge is -2.34. The second-order valence-corrected chi connectivity index (χ2v) is 8.53. The highest BCUT2D eigenvalue weighted by molar-refractivity contribution is 7.87. The molecule has 7 heteroatoms. The number of carbonyl (C=O) groups is 1. The SMILES string of the molecule is CCc1ccc(C(=O)N2CCN(CCS(=O)(=O)Oc3ccccc3)CC2)cc1. The smallest absolute Gasteiger partial charge is 0.310 e. The molecular weight excluding hydrogens is 376 g/mol. The zero-order valence-electron chi connectivity index (χ0n) is 16.1. The molecule has 0 radical (unpaired) electrons. The van der Waals surface area contributed by atoms with Crippen LogP contribution < -0.4 is 4.18 Å². The van der Waals surface area contributed by atoms with Crippen molar-refractivity contribution in [1.82, 2.24) is 9.80 Å². The summed E-state index contributed by atoms with van der Waals surface area (Å²) in [5, 5.41) is 0. The molecule has 0 aliphatic carbocycles. The molecule has 150 valence electrons. The summed E-state index contributed by atoms with van der Waals surface area (Å²) in [5.74, 6) is 0.281. The fourth-order valence-corrected chi connectivity index (χ4v) is 4.11. The molecule has 0 N–H and O–H groups in total. The van der Waals surface area contributed by atoms with Crippen molar-refractivity contribution >= 4 is 16.0 Å². The van der Waals surface area contributed by atoms with Gasteiger partial charge < -0.3 is 9.08 Å². The summed E-state index contributed by atoms with van der Waals surface area (Å²) >= 11 is 0. The lowest BCUT2D eigenvalue weighted by Crippen LogP contribution is -2.49. The Labute approximate surface area is 166 Å². The van der Waals surface area contributed by atoms with Crippen molar-refractivity contribution in [3.05, 3.63) is 65.7 Å².